The largest absolute Gasteiger partial charge is 0.372 e. The smallest absolute Gasteiger partial charge is 0.224 e. The van der Waals surface area contributed by atoms with Crippen LogP contribution in [0.25, 0.3) is 0 Å². The van der Waals surface area contributed by atoms with Crippen LogP contribution in [0.15, 0.2) is 29.2 Å². The second-order valence-corrected chi connectivity index (χ2v) is 9.10. The van der Waals surface area contributed by atoms with Gasteiger partial charge in [-0.15, -0.1) is 0 Å². The molecule has 1 atom stereocenters. The normalized spacial score (nSPS) is 21.9. The first-order valence-corrected chi connectivity index (χ1v) is 10.8. The number of hydrogen-bond donors (Lipinski definition) is 1. The molecule has 26 heavy (non-hydrogen) atoms. The molecule has 0 bridgehead atoms. The first kappa shape index (κ1) is 19.3. The van der Waals surface area contributed by atoms with Gasteiger partial charge in [-0.25, -0.2) is 12.8 Å². The summed E-state index contributed by atoms with van der Waals surface area (Å²) in [6.45, 7) is 4.88. The molecule has 2 saturated heterocycles. The Labute approximate surface area is 153 Å². The van der Waals surface area contributed by atoms with Crippen molar-refractivity contribution in [2.45, 2.75) is 30.3 Å². The van der Waals surface area contributed by atoms with E-state index < -0.39 is 15.7 Å². The van der Waals surface area contributed by atoms with Crippen LogP contribution in [0.5, 0.6) is 0 Å². The number of carbonyl (C=O) groups is 1. The van der Waals surface area contributed by atoms with Crippen LogP contribution < -0.4 is 4.90 Å². The summed E-state index contributed by atoms with van der Waals surface area (Å²) in [5, 5.41) is 0. The summed E-state index contributed by atoms with van der Waals surface area (Å²) in [4.78, 5) is 15.6. The van der Waals surface area contributed by atoms with Gasteiger partial charge in [0.2, 0.25) is 5.91 Å². The number of benzene rings is 1. The minimum Gasteiger partial charge on any atom is -0.372 e. The van der Waals surface area contributed by atoms with E-state index in [0.29, 0.717) is 19.2 Å². The van der Waals surface area contributed by atoms with Crippen molar-refractivity contribution in [2.24, 2.45) is 0 Å². The molecule has 2 heterocycles. The van der Waals surface area contributed by atoms with E-state index in [9.17, 15) is 17.6 Å². The van der Waals surface area contributed by atoms with Crippen LogP contribution in [-0.4, -0.2) is 70.4 Å². The summed E-state index contributed by atoms with van der Waals surface area (Å²) in [6, 6.07) is 4.71. The van der Waals surface area contributed by atoms with Crippen molar-refractivity contribution >= 4 is 15.7 Å². The van der Waals surface area contributed by atoms with Crippen LogP contribution >= 0.6 is 0 Å². The SMILES string of the molecule is O=C(CCS(=O)(=O)c1ccc(F)cc1)N1CC[NH+](C[C@H]2CCCO2)CC1. The van der Waals surface area contributed by atoms with Gasteiger partial charge in [0.25, 0.3) is 0 Å². The fraction of sp³-hybridized carbons (Fsp3) is 0.611. The molecule has 0 aromatic heterocycles. The van der Waals surface area contributed by atoms with Crippen molar-refractivity contribution in [3.63, 3.8) is 0 Å². The molecular weight excluding hydrogens is 359 g/mol. The van der Waals surface area contributed by atoms with Crippen LogP contribution in [-0.2, 0) is 19.4 Å². The number of nitrogens with zero attached hydrogens (tertiary/aromatic N) is 1. The molecular formula is C18H26FN2O4S+. The van der Waals surface area contributed by atoms with Crippen LogP contribution in [0.3, 0.4) is 0 Å². The number of amides is 1. The number of nitrogens with one attached hydrogen (secondary N) is 1. The Morgan fingerprint density at radius 2 is 1.92 bits per heavy atom. The van der Waals surface area contributed by atoms with Crippen LogP contribution in [0, 0.1) is 5.82 Å². The second-order valence-electron chi connectivity index (χ2n) is 6.99. The zero-order valence-corrected chi connectivity index (χ0v) is 15.6. The van der Waals surface area contributed by atoms with Gasteiger partial charge >= 0.3 is 0 Å². The van der Waals surface area contributed by atoms with Crippen molar-refractivity contribution in [3.8, 4) is 0 Å². The molecule has 1 aromatic carbocycles. The van der Waals surface area contributed by atoms with Gasteiger partial charge in [-0.3, -0.25) is 4.79 Å². The molecule has 0 spiro atoms. The lowest BCUT2D eigenvalue weighted by Crippen LogP contribution is -3.15. The standard InChI is InChI=1S/C18H25FN2O4S/c19-15-3-5-17(6-4-15)26(23,24)13-7-18(22)21-10-8-20(9-11-21)14-16-2-1-12-25-16/h3-6,16H,1-2,7-14H2/p+1/t16-/m1/s1. The van der Waals surface area contributed by atoms with Crippen LogP contribution in [0.2, 0.25) is 0 Å². The number of rotatable bonds is 6. The maximum Gasteiger partial charge on any atom is 0.224 e. The van der Waals surface area contributed by atoms with Gasteiger partial charge in [0, 0.05) is 13.0 Å². The van der Waals surface area contributed by atoms with E-state index in [1.165, 1.54) is 17.0 Å². The molecule has 0 saturated carbocycles. The van der Waals surface area contributed by atoms with E-state index in [1.54, 1.807) is 4.90 Å². The Hall–Kier alpha value is -1.51. The van der Waals surface area contributed by atoms with Crippen molar-refractivity contribution in [2.75, 3.05) is 45.1 Å². The Kier molecular flexibility index (Phi) is 6.26. The average molecular weight is 385 g/mol. The molecule has 1 amide bonds. The lowest BCUT2D eigenvalue weighted by molar-refractivity contribution is -0.906. The van der Waals surface area contributed by atoms with Gasteiger partial charge in [-0.1, -0.05) is 0 Å². The zero-order chi connectivity index (χ0) is 18.6. The topological polar surface area (TPSA) is 68.1 Å². The molecule has 8 heteroatoms. The summed E-state index contributed by atoms with van der Waals surface area (Å²) in [6.07, 6.45) is 2.55. The van der Waals surface area contributed by atoms with Crippen molar-refractivity contribution in [3.05, 3.63) is 30.1 Å². The molecule has 0 aliphatic carbocycles. The third-order valence-corrected chi connectivity index (χ3v) is 6.85. The quantitative estimate of drug-likeness (QED) is 0.695. The summed E-state index contributed by atoms with van der Waals surface area (Å²) in [7, 11) is -3.57. The number of quaternary nitrogens is 1. The molecule has 1 aromatic rings. The molecule has 0 unspecified atom stereocenters. The third-order valence-electron chi connectivity index (χ3n) is 5.12. The maximum atomic E-state index is 12.9. The molecule has 1 N–H and O–H groups in total. The average Bonchev–Trinajstić information content (AvgIpc) is 3.14. The predicted octanol–water partition coefficient (Wildman–Crippen LogP) is -0.104. The van der Waals surface area contributed by atoms with Gasteiger partial charge in [-0.05, 0) is 37.1 Å². The fourth-order valence-corrected chi connectivity index (χ4v) is 4.77. The Balaban J connectivity index is 1.44. The predicted molar refractivity (Wildman–Crippen MR) is 94.2 cm³/mol. The highest BCUT2D eigenvalue weighted by Crippen LogP contribution is 2.13. The lowest BCUT2D eigenvalue weighted by Gasteiger charge is -2.33. The van der Waals surface area contributed by atoms with Crippen LogP contribution in [0.1, 0.15) is 19.3 Å². The van der Waals surface area contributed by atoms with Crippen molar-refractivity contribution in [1.82, 2.24) is 4.90 Å². The monoisotopic (exact) mass is 385 g/mol. The molecule has 2 aliphatic rings. The van der Waals surface area contributed by atoms with E-state index in [0.717, 1.165) is 51.2 Å². The number of sulfone groups is 1. The van der Waals surface area contributed by atoms with Crippen LogP contribution in [0.4, 0.5) is 4.39 Å². The van der Waals surface area contributed by atoms with E-state index in [-0.39, 0.29) is 23.0 Å². The van der Waals surface area contributed by atoms with E-state index >= 15 is 0 Å². The zero-order valence-electron chi connectivity index (χ0n) is 14.8. The summed E-state index contributed by atoms with van der Waals surface area (Å²) in [5.74, 6) is -0.865. The van der Waals surface area contributed by atoms with Gasteiger partial charge in [0.1, 0.15) is 18.5 Å². The minimum absolute atomic E-state index is 0.0409. The molecule has 3 rings (SSSR count). The second kappa shape index (κ2) is 8.45. The fourth-order valence-electron chi connectivity index (χ4n) is 3.54. The van der Waals surface area contributed by atoms with E-state index in [1.807, 2.05) is 0 Å². The number of hydrogen-bond acceptors (Lipinski definition) is 4. The van der Waals surface area contributed by atoms with E-state index in [4.69, 9.17) is 4.74 Å². The van der Waals surface area contributed by atoms with Gasteiger partial charge < -0.3 is 14.5 Å². The Morgan fingerprint density at radius 3 is 2.54 bits per heavy atom. The van der Waals surface area contributed by atoms with E-state index in [2.05, 4.69) is 0 Å². The number of ether oxygens (including phenoxy) is 1. The highest BCUT2D eigenvalue weighted by atomic mass is 32.2. The number of carbonyl (C=O) groups excluding carboxylic acids is 1. The summed E-state index contributed by atoms with van der Waals surface area (Å²) < 4.78 is 43.1. The minimum atomic E-state index is -3.57. The van der Waals surface area contributed by atoms with Crippen molar-refractivity contribution < 1.29 is 27.2 Å². The number of halogens is 1. The summed E-state index contributed by atoms with van der Waals surface area (Å²) >= 11 is 0. The lowest BCUT2D eigenvalue weighted by atomic mass is 10.2. The first-order chi connectivity index (χ1) is 12.4. The molecule has 6 nitrogen and oxygen atoms in total. The number of piperazine rings is 1. The Bertz CT molecular complexity index is 709. The Morgan fingerprint density at radius 1 is 1.23 bits per heavy atom. The van der Waals surface area contributed by atoms with Gasteiger partial charge in [0.05, 0.1) is 36.8 Å². The maximum absolute atomic E-state index is 12.9. The summed E-state index contributed by atoms with van der Waals surface area (Å²) in [5.41, 5.74) is 0. The molecule has 2 aliphatic heterocycles. The van der Waals surface area contributed by atoms with Gasteiger partial charge in [0.15, 0.2) is 9.84 Å². The van der Waals surface area contributed by atoms with Crippen molar-refractivity contribution in [1.29, 1.82) is 0 Å². The molecule has 0 radical (unpaired) electrons. The van der Waals surface area contributed by atoms with Gasteiger partial charge in [-0.2, -0.15) is 0 Å². The highest BCUT2D eigenvalue weighted by Gasteiger charge is 2.28. The molecule has 144 valence electrons. The molecule has 2 fully saturated rings. The highest BCUT2D eigenvalue weighted by molar-refractivity contribution is 7.91. The third kappa shape index (κ3) is 5.02. The first-order valence-electron chi connectivity index (χ1n) is 9.15.